The van der Waals surface area contributed by atoms with Crippen molar-refractivity contribution in [2.45, 2.75) is 44.6 Å². The molecular weight excluding hydrogens is 330 g/mol. The molecule has 6 heteroatoms. The summed E-state index contributed by atoms with van der Waals surface area (Å²) in [5.41, 5.74) is 1.68. The maximum Gasteiger partial charge on any atom is 0.267 e. The van der Waals surface area contributed by atoms with Gasteiger partial charge in [0.25, 0.3) is 5.91 Å². The lowest BCUT2D eigenvalue weighted by Crippen LogP contribution is -2.46. The highest BCUT2D eigenvalue weighted by Gasteiger charge is 2.35. The molecule has 1 aromatic rings. The molecule has 3 heterocycles. The largest absolute Gasteiger partial charge is 0.481 e. The Kier molecular flexibility index (Phi) is 4.85. The van der Waals surface area contributed by atoms with Gasteiger partial charge in [0, 0.05) is 37.7 Å². The molecule has 1 spiro atoms. The Balaban J connectivity index is 1.38. The zero-order valence-electron chi connectivity index (χ0n) is 15.1. The fraction of sp³-hybridized carbons (Fsp3) is 0.600. The third kappa shape index (κ3) is 3.70. The predicted octanol–water partition coefficient (Wildman–Crippen LogP) is 1.84. The molecule has 3 aliphatic rings. The van der Waals surface area contributed by atoms with Gasteiger partial charge in [-0.1, -0.05) is 6.07 Å². The van der Waals surface area contributed by atoms with Gasteiger partial charge in [-0.3, -0.25) is 14.9 Å². The minimum Gasteiger partial charge on any atom is -0.481 e. The highest BCUT2D eigenvalue weighted by atomic mass is 16.5. The number of hydrogen-bond donors (Lipinski definition) is 2. The number of hydrogen-bond acceptors (Lipinski definition) is 5. The van der Waals surface area contributed by atoms with Gasteiger partial charge in [0.05, 0.1) is 0 Å². The lowest BCUT2D eigenvalue weighted by atomic mass is 9.71. The van der Waals surface area contributed by atoms with E-state index in [1.807, 2.05) is 18.2 Å². The summed E-state index contributed by atoms with van der Waals surface area (Å²) in [4.78, 5) is 25.6. The summed E-state index contributed by atoms with van der Waals surface area (Å²) in [5.74, 6) is 0.139. The molecule has 0 saturated carbocycles. The topological polar surface area (TPSA) is 70.7 Å². The van der Waals surface area contributed by atoms with Crippen molar-refractivity contribution < 1.29 is 14.3 Å². The molecule has 1 atom stereocenters. The normalized spacial score (nSPS) is 25.8. The molecule has 4 rings (SSSR count). The van der Waals surface area contributed by atoms with Crippen LogP contribution in [0.5, 0.6) is 5.75 Å². The number of carbonyl (C=O) groups is 2. The quantitative estimate of drug-likeness (QED) is 0.808. The van der Waals surface area contributed by atoms with Crippen LogP contribution >= 0.6 is 0 Å². The molecule has 2 N–H and O–H groups in total. The summed E-state index contributed by atoms with van der Waals surface area (Å²) < 4.78 is 5.86. The number of ether oxygens (including phenoxy) is 1. The number of amides is 2. The van der Waals surface area contributed by atoms with E-state index >= 15 is 0 Å². The van der Waals surface area contributed by atoms with E-state index in [2.05, 4.69) is 21.6 Å². The number of benzene rings is 1. The molecule has 26 heavy (non-hydrogen) atoms. The molecule has 2 amide bonds. The molecule has 1 unspecified atom stereocenters. The zero-order chi connectivity index (χ0) is 18.0. The maximum atomic E-state index is 11.9. The summed E-state index contributed by atoms with van der Waals surface area (Å²) in [6.07, 6.45) is 5.26. The van der Waals surface area contributed by atoms with Crippen molar-refractivity contribution in [1.29, 1.82) is 0 Å². The van der Waals surface area contributed by atoms with Crippen LogP contribution in [0.4, 0.5) is 5.69 Å². The van der Waals surface area contributed by atoms with E-state index < -0.39 is 6.10 Å². The number of nitrogens with zero attached hydrogens (tertiary/aromatic N) is 1. The summed E-state index contributed by atoms with van der Waals surface area (Å²) >= 11 is 0. The van der Waals surface area contributed by atoms with Gasteiger partial charge in [-0.05, 0) is 56.3 Å². The van der Waals surface area contributed by atoms with Gasteiger partial charge in [-0.25, -0.2) is 0 Å². The minimum absolute atomic E-state index is 0.219. The van der Waals surface area contributed by atoms with Crippen molar-refractivity contribution in [3.8, 4) is 5.75 Å². The van der Waals surface area contributed by atoms with E-state index in [1.54, 1.807) is 0 Å². The molecule has 140 valence electrons. The molecule has 0 aromatic heterocycles. The average molecular weight is 357 g/mol. The number of anilines is 1. The number of rotatable bonds is 3. The van der Waals surface area contributed by atoms with Gasteiger partial charge in [0.15, 0.2) is 6.10 Å². The second kappa shape index (κ2) is 7.27. The number of nitrogens with one attached hydrogen (secondary N) is 2. The van der Waals surface area contributed by atoms with E-state index in [0.29, 0.717) is 24.0 Å². The third-order valence-electron chi connectivity index (χ3n) is 6.14. The van der Waals surface area contributed by atoms with Gasteiger partial charge in [0.2, 0.25) is 5.91 Å². The van der Waals surface area contributed by atoms with Crippen LogP contribution < -0.4 is 20.3 Å². The van der Waals surface area contributed by atoms with Gasteiger partial charge in [-0.2, -0.15) is 0 Å². The first-order valence-corrected chi connectivity index (χ1v) is 9.70. The summed E-state index contributed by atoms with van der Waals surface area (Å²) in [6.45, 7) is 4.44. The number of imide groups is 1. The van der Waals surface area contributed by atoms with Gasteiger partial charge < -0.3 is 15.0 Å². The molecule has 3 aliphatic heterocycles. The van der Waals surface area contributed by atoms with E-state index in [0.717, 1.165) is 31.9 Å². The summed E-state index contributed by atoms with van der Waals surface area (Å²) in [7, 11) is 0. The maximum absolute atomic E-state index is 11.9. The fourth-order valence-electron chi connectivity index (χ4n) is 4.40. The summed E-state index contributed by atoms with van der Waals surface area (Å²) in [6, 6.07) is 7.98. The van der Waals surface area contributed by atoms with Crippen molar-refractivity contribution in [3.05, 3.63) is 24.3 Å². The average Bonchev–Trinajstić information content (AvgIpc) is 2.66. The van der Waals surface area contributed by atoms with Crippen LogP contribution in [0.3, 0.4) is 0 Å². The third-order valence-corrected chi connectivity index (χ3v) is 6.14. The van der Waals surface area contributed by atoms with Crippen LogP contribution in [0, 0.1) is 5.41 Å². The highest BCUT2D eigenvalue weighted by molar-refractivity contribution is 5.99. The highest BCUT2D eigenvalue weighted by Crippen LogP contribution is 2.40. The molecular formula is C20H27N3O3. The molecule has 3 fully saturated rings. The first-order chi connectivity index (χ1) is 12.6. The van der Waals surface area contributed by atoms with Crippen LogP contribution in [0.2, 0.25) is 0 Å². The number of carbonyl (C=O) groups excluding carboxylic acids is 2. The Morgan fingerprint density at radius 1 is 1.08 bits per heavy atom. The standard InChI is InChI=1S/C20H27N3O3/c24-18-5-4-17(19(25)22-18)26-16-3-1-2-15(14-16)23-12-8-20(9-13-23)6-10-21-11-7-20/h1-3,14,17,21H,4-13H2,(H,22,24,25). The molecule has 0 aliphatic carbocycles. The van der Waals surface area contributed by atoms with E-state index in [-0.39, 0.29) is 11.8 Å². The van der Waals surface area contributed by atoms with E-state index in [9.17, 15) is 9.59 Å². The Labute approximate surface area is 154 Å². The molecule has 0 radical (unpaired) electrons. The predicted molar refractivity (Wildman–Crippen MR) is 99.2 cm³/mol. The summed E-state index contributed by atoms with van der Waals surface area (Å²) in [5, 5.41) is 5.81. The van der Waals surface area contributed by atoms with E-state index in [4.69, 9.17) is 4.74 Å². The Bertz CT molecular complexity index is 675. The minimum atomic E-state index is -0.581. The van der Waals surface area contributed by atoms with Crippen molar-refractivity contribution in [1.82, 2.24) is 10.6 Å². The molecule has 6 nitrogen and oxygen atoms in total. The number of piperidine rings is 3. The van der Waals surface area contributed by atoms with Crippen molar-refractivity contribution in [2.75, 3.05) is 31.1 Å². The van der Waals surface area contributed by atoms with Crippen molar-refractivity contribution in [2.24, 2.45) is 5.41 Å². The lowest BCUT2D eigenvalue weighted by Gasteiger charge is -2.45. The molecule has 3 saturated heterocycles. The van der Waals surface area contributed by atoms with Gasteiger partial charge in [-0.15, -0.1) is 0 Å². The lowest BCUT2D eigenvalue weighted by molar-refractivity contribution is -0.138. The van der Waals surface area contributed by atoms with E-state index in [1.165, 1.54) is 25.7 Å². The molecule has 0 bridgehead atoms. The van der Waals surface area contributed by atoms with Crippen molar-refractivity contribution >= 4 is 17.5 Å². The van der Waals surface area contributed by atoms with Crippen LogP contribution in [-0.2, 0) is 9.59 Å². The second-order valence-electron chi connectivity index (χ2n) is 7.79. The SMILES string of the molecule is O=C1CCC(Oc2cccc(N3CCC4(CCNCC4)CC3)c2)C(=O)N1. The zero-order valence-corrected chi connectivity index (χ0v) is 15.1. The Morgan fingerprint density at radius 3 is 2.58 bits per heavy atom. The van der Waals surface area contributed by atoms with Gasteiger partial charge >= 0.3 is 0 Å². The van der Waals surface area contributed by atoms with Crippen LogP contribution in [0.15, 0.2) is 24.3 Å². The van der Waals surface area contributed by atoms with Crippen LogP contribution in [-0.4, -0.2) is 44.1 Å². The van der Waals surface area contributed by atoms with Crippen LogP contribution in [0.1, 0.15) is 38.5 Å². The Hall–Kier alpha value is -2.08. The van der Waals surface area contributed by atoms with Crippen molar-refractivity contribution in [3.63, 3.8) is 0 Å². The first-order valence-electron chi connectivity index (χ1n) is 9.70. The monoisotopic (exact) mass is 357 g/mol. The van der Waals surface area contributed by atoms with Gasteiger partial charge in [0.1, 0.15) is 5.75 Å². The smallest absolute Gasteiger partial charge is 0.267 e. The molecule has 1 aromatic carbocycles. The first kappa shape index (κ1) is 17.3. The second-order valence-corrected chi connectivity index (χ2v) is 7.79. The van der Waals surface area contributed by atoms with Crippen LogP contribution in [0.25, 0.3) is 0 Å². The Morgan fingerprint density at radius 2 is 1.85 bits per heavy atom. The fourth-order valence-corrected chi connectivity index (χ4v) is 4.40.